The van der Waals surface area contributed by atoms with Crippen LogP contribution in [0, 0.1) is 5.92 Å². The second-order valence-corrected chi connectivity index (χ2v) is 11.9. The van der Waals surface area contributed by atoms with Crippen molar-refractivity contribution in [3.63, 3.8) is 0 Å². The molecule has 3 aliphatic heterocycles. The van der Waals surface area contributed by atoms with Gasteiger partial charge in [-0.25, -0.2) is 0 Å². The number of thiophene rings is 1. The molecule has 0 spiro atoms. The van der Waals surface area contributed by atoms with Crippen molar-refractivity contribution in [2.24, 2.45) is 5.92 Å². The SMILES string of the molecule is O=C(C[N+]12CCC(CC1)C(OC(=O)C1(c3cccs3)CCCCCC1)C2)Nc1noc2ccccc12. The number of anilines is 1. The van der Waals surface area contributed by atoms with Crippen LogP contribution in [-0.2, 0) is 19.7 Å². The highest BCUT2D eigenvalue weighted by molar-refractivity contribution is 7.10. The monoisotopic (exact) mass is 508 g/mol. The van der Waals surface area contributed by atoms with Crippen molar-refractivity contribution >= 4 is 40.0 Å². The number of quaternary nitrogens is 1. The molecule has 3 saturated heterocycles. The fourth-order valence-corrected chi connectivity index (χ4v) is 7.69. The Bertz CT molecular complexity index is 1220. The van der Waals surface area contributed by atoms with Gasteiger partial charge < -0.3 is 19.1 Å². The summed E-state index contributed by atoms with van der Waals surface area (Å²) in [5, 5.41) is 9.88. The second-order valence-electron chi connectivity index (χ2n) is 11.0. The van der Waals surface area contributed by atoms with Crippen molar-refractivity contribution in [3.05, 3.63) is 46.7 Å². The zero-order valence-electron chi connectivity index (χ0n) is 20.6. The molecule has 5 heterocycles. The van der Waals surface area contributed by atoms with Gasteiger partial charge in [0.25, 0.3) is 5.91 Å². The lowest BCUT2D eigenvalue weighted by molar-refractivity contribution is -0.939. The Morgan fingerprint density at radius 3 is 2.61 bits per heavy atom. The Morgan fingerprint density at radius 2 is 1.86 bits per heavy atom. The Morgan fingerprint density at radius 1 is 1.08 bits per heavy atom. The maximum atomic E-state index is 13.9. The Kier molecular flexibility index (Phi) is 6.33. The standard InChI is InChI=1S/C28H33N3O4S/c32-25(29-26-21-8-3-4-9-22(21)35-30-26)19-31-15-11-20(12-16-31)23(18-31)34-27(33)28(24-10-7-17-36-24)13-5-1-2-6-14-28/h3-4,7-10,17,20,23H,1-2,5-6,11-16,18-19H2/p+1. The zero-order valence-corrected chi connectivity index (χ0v) is 21.4. The van der Waals surface area contributed by atoms with Crippen molar-refractivity contribution in [1.82, 2.24) is 5.16 Å². The van der Waals surface area contributed by atoms with Crippen LogP contribution in [0.15, 0.2) is 46.3 Å². The van der Waals surface area contributed by atoms with Gasteiger partial charge in [0.05, 0.1) is 18.5 Å². The Balaban J connectivity index is 1.16. The molecule has 0 radical (unpaired) electrons. The van der Waals surface area contributed by atoms with Crippen LogP contribution in [0.1, 0.15) is 56.2 Å². The zero-order chi connectivity index (χ0) is 24.6. The number of carbonyl (C=O) groups excluding carboxylic acids is 2. The Hall–Kier alpha value is -2.71. The summed E-state index contributed by atoms with van der Waals surface area (Å²) in [6, 6.07) is 11.7. The van der Waals surface area contributed by atoms with E-state index in [0.29, 0.717) is 34.9 Å². The average Bonchev–Trinajstić information content (AvgIpc) is 3.50. The highest BCUT2D eigenvalue weighted by Crippen LogP contribution is 2.43. The van der Waals surface area contributed by atoms with Gasteiger partial charge in [-0.15, -0.1) is 11.3 Å². The molecule has 1 unspecified atom stereocenters. The number of piperidine rings is 3. The van der Waals surface area contributed by atoms with Crippen molar-refractivity contribution in [1.29, 1.82) is 0 Å². The number of para-hydroxylation sites is 1. The quantitative estimate of drug-likeness (QED) is 0.279. The van der Waals surface area contributed by atoms with E-state index in [9.17, 15) is 9.59 Å². The van der Waals surface area contributed by atoms with Gasteiger partial charge in [-0.2, -0.15) is 0 Å². The number of aromatic nitrogens is 1. The van der Waals surface area contributed by atoms with Crippen molar-refractivity contribution in [2.45, 2.75) is 62.9 Å². The van der Waals surface area contributed by atoms with E-state index in [1.165, 1.54) is 12.8 Å². The molecule has 2 aromatic heterocycles. The molecule has 1 aromatic carbocycles. The molecule has 1 atom stereocenters. The number of hydrogen-bond donors (Lipinski definition) is 1. The molecule has 1 N–H and O–H groups in total. The summed E-state index contributed by atoms with van der Waals surface area (Å²) in [4.78, 5) is 28.1. The van der Waals surface area contributed by atoms with Crippen molar-refractivity contribution in [2.75, 3.05) is 31.5 Å². The van der Waals surface area contributed by atoms with Gasteiger partial charge in [-0.3, -0.25) is 9.59 Å². The van der Waals surface area contributed by atoms with E-state index in [2.05, 4.69) is 21.9 Å². The summed E-state index contributed by atoms with van der Waals surface area (Å²) in [5.41, 5.74) is 0.149. The van der Waals surface area contributed by atoms with Gasteiger partial charge in [0.15, 0.2) is 24.0 Å². The van der Waals surface area contributed by atoms with Crippen LogP contribution in [0.4, 0.5) is 5.82 Å². The minimum Gasteiger partial charge on any atom is -0.455 e. The second kappa shape index (κ2) is 9.63. The van der Waals surface area contributed by atoms with Crippen molar-refractivity contribution < 1.29 is 23.3 Å². The van der Waals surface area contributed by atoms with Crippen LogP contribution >= 0.6 is 11.3 Å². The number of benzene rings is 1. The van der Waals surface area contributed by atoms with E-state index < -0.39 is 5.41 Å². The highest BCUT2D eigenvalue weighted by atomic mass is 32.1. The third-order valence-electron chi connectivity index (χ3n) is 8.75. The number of nitrogens with zero attached hydrogens (tertiary/aromatic N) is 2. The van der Waals surface area contributed by atoms with Crippen molar-refractivity contribution in [3.8, 4) is 0 Å². The fraction of sp³-hybridized carbons (Fsp3) is 0.536. The first-order valence-electron chi connectivity index (χ1n) is 13.3. The number of carbonyl (C=O) groups is 2. The topological polar surface area (TPSA) is 81.4 Å². The van der Waals surface area contributed by atoms with Gasteiger partial charge in [-0.05, 0) is 36.4 Å². The summed E-state index contributed by atoms with van der Waals surface area (Å²) in [7, 11) is 0. The fourth-order valence-electron chi connectivity index (χ4n) is 6.71. The minimum atomic E-state index is -0.507. The maximum absolute atomic E-state index is 13.9. The smallest absolute Gasteiger partial charge is 0.317 e. The maximum Gasteiger partial charge on any atom is 0.317 e. The van der Waals surface area contributed by atoms with Crippen LogP contribution in [-0.4, -0.2) is 53.8 Å². The first-order chi connectivity index (χ1) is 17.6. The summed E-state index contributed by atoms with van der Waals surface area (Å²) >= 11 is 1.68. The summed E-state index contributed by atoms with van der Waals surface area (Å²) in [5.74, 6) is 0.748. The number of fused-ring (bicyclic) bond motifs is 4. The molecule has 1 amide bonds. The number of ether oxygens (including phenoxy) is 1. The molecule has 1 saturated carbocycles. The lowest BCUT2D eigenvalue weighted by Gasteiger charge is -2.51. The van der Waals surface area contributed by atoms with Gasteiger partial charge in [0.2, 0.25) is 0 Å². The van der Waals surface area contributed by atoms with E-state index >= 15 is 0 Å². The molecule has 3 aromatic rings. The number of nitrogens with one attached hydrogen (secondary N) is 1. The van der Waals surface area contributed by atoms with E-state index in [-0.39, 0.29) is 18.0 Å². The molecular formula is C28H34N3O4S+. The summed E-state index contributed by atoms with van der Waals surface area (Å²) in [6.45, 7) is 2.96. The van der Waals surface area contributed by atoms with Gasteiger partial charge in [0, 0.05) is 23.6 Å². The van der Waals surface area contributed by atoms with E-state index in [4.69, 9.17) is 9.26 Å². The molecule has 4 fully saturated rings. The first-order valence-corrected chi connectivity index (χ1v) is 14.2. The molecule has 8 heteroatoms. The predicted molar refractivity (Wildman–Crippen MR) is 139 cm³/mol. The predicted octanol–water partition coefficient (Wildman–Crippen LogP) is 5.27. The van der Waals surface area contributed by atoms with Gasteiger partial charge in [0.1, 0.15) is 12.0 Å². The number of amides is 1. The normalized spacial score (nSPS) is 27.4. The molecule has 7 rings (SSSR count). The minimum absolute atomic E-state index is 0.0396. The summed E-state index contributed by atoms with van der Waals surface area (Å²) < 4.78 is 12.4. The first kappa shape index (κ1) is 23.7. The van der Waals surface area contributed by atoms with E-state index in [0.717, 1.165) is 61.9 Å². The lowest BCUT2D eigenvalue weighted by atomic mass is 9.78. The molecule has 2 bridgehead atoms. The van der Waals surface area contributed by atoms with Crippen LogP contribution in [0.25, 0.3) is 11.0 Å². The molecular weight excluding hydrogens is 474 g/mol. The lowest BCUT2D eigenvalue weighted by Crippen LogP contribution is -2.66. The highest BCUT2D eigenvalue weighted by Gasteiger charge is 2.51. The van der Waals surface area contributed by atoms with Gasteiger partial charge in [-0.1, -0.05) is 49.0 Å². The largest absolute Gasteiger partial charge is 0.455 e. The number of rotatable bonds is 6. The molecule has 4 aliphatic rings. The number of hydrogen-bond acceptors (Lipinski definition) is 6. The molecule has 1 aliphatic carbocycles. The third-order valence-corrected chi connectivity index (χ3v) is 9.83. The van der Waals surface area contributed by atoms with Crippen LogP contribution in [0.3, 0.4) is 0 Å². The third kappa shape index (κ3) is 4.34. The van der Waals surface area contributed by atoms with Crippen LogP contribution in [0.2, 0.25) is 0 Å². The Labute approximate surface area is 215 Å². The molecule has 190 valence electrons. The van der Waals surface area contributed by atoms with Crippen LogP contribution < -0.4 is 5.32 Å². The average molecular weight is 509 g/mol. The van der Waals surface area contributed by atoms with E-state index in [1.807, 2.05) is 30.3 Å². The molecule has 36 heavy (non-hydrogen) atoms. The van der Waals surface area contributed by atoms with Crippen LogP contribution in [0.5, 0.6) is 0 Å². The summed E-state index contributed by atoms with van der Waals surface area (Å²) in [6.07, 6.45) is 8.10. The van der Waals surface area contributed by atoms with Gasteiger partial charge >= 0.3 is 5.97 Å². The van der Waals surface area contributed by atoms with E-state index in [1.54, 1.807) is 11.3 Å². The molecule has 7 nitrogen and oxygen atoms in total. The number of esters is 1.